The average molecular weight is 498 g/mol. The van der Waals surface area contributed by atoms with Crippen molar-refractivity contribution < 1.29 is 18.0 Å². The summed E-state index contributed by atoms with van der Waals surface area (Å²) in [5.74, 6) is -0.740. The molecule has 0 radical (unpaired) electrons. The second kappa shape index (κ2) is 9.74. The van der Waals surface area contributed by atoms with Gasteiger partial charge in [0.25, 0.3) is 0 Å². The second-order valence-corrected chi connectivity index (χ2v) is 12.1. The van der Waals surface area contributed by atoms with E-state index in [1.165, 1.54) is 4.90 Å². The molecule has 0 unspecified atom stereocenters. The highest BCUT2D eigenvalue weighted by Gasteiger charge is 2.51. The van der Waals surface area contributed by atoms with E-state index in [2.05, 4.69) is 5.32 Å². The fourth-order valence-electron chi connectivity index (χ4n) is 5.05. The van der Waals surface area contributed by atoms with E-state index in [1.807, 2.05) is 39.0 Å². The Kier molecular flexibility index (Phi) is 7.06. The Hall–Kier alpha value is -2.71. The lowest BCUT2D eigenvalue weighted by molar-refractivity contribution is -0.133. The van der Waals surface area contributed by atoms with Crippen molar-refractivity contribution in [1.29, 1.82) is 0 Å². The number of nitrogens with zero attached hydrogens (tertiary/aromatic N) is 2. The summed E-state index contributed by atoms with van der Waals surface area (Å²) in [5, 5.41) is 3.14. The minimum absolute atomic E-state index is 0.0360. The summed E-state index contributed by atoms with van der Waals surface area (Å²) in [6.45, 7) is 7.06. The molecule has 2 fully saturated rings. The molecular weight excluding hydrogens is 462 g/mol. The largest absolute Gasteiger partial charge is 0.351 e. The van der Waals surface area contributed by atoms with Crippen LogP contribution >= 0.6 is 0 Å². The number of hydrogen-bond donors (Lipinski definition) is 1. The fraction of sp³-hybridized carbons (Fsp3) is 0.481. The molecule has 1 saturated carbocycles. The van der Waals surface area contributed by atoms with Crippen molar-refractivity contribution in [3.63, 3.8) is 0 Å². The van der Waals surface area contributed by atoms with Crippen molar-refractivity contribution in [3.05, 3.63) is 59.2 Å². The van der Waals surface area contributed by atoms with Gasteiger partial charge in [-0.05, 0) is 75.9 Å². The van der Waals surface area contributed by atoms with Gasteiger partial charge in [0.2, 0.25) is 21.8 Å². The van der Waals surface area contributed by atoms with Gasteiger partial charge in [0, 0.05) is 18.3 Å². The first-order valence-electron chi connectivity index (χ1n) is 12.3. The van der Waals surface area contributed by atoms with Gasteiger partial charge in [-0.15, -0.1) is 0 Å². The maximum atomic E-state index is 13.8. The zero-order chi connectivity index (χ0) is 25.4. The molecule has 2 aromatic carbocycles. The van der Waals surface area contributed by atoms with Gasteiger partial charge < -0.3 is 5.32 Å². The molecule has 2 aliphatic rings. The zero-order valence-corrected chi connectivity index (χ0v) is 21.8. The predicted molar refractivity (Wildman–Crippen MR) is 137 cm³/mol. The number of benzene rings is 2. The van der Waals surface area contributed by atoms with Gasteiger partial charge in [0.1, 0.15) is 5.54 Å². The SMILES string of the molecule is Cc1ccc(S(=O)(=O)N2CC(=O)N(c3ccc(C)c(C)c3)[C@](C)(C(=O)NC3CCCCC3)C2)cc1. The molecule has 0 spiro atoms. The fourth-order valence-corrected chi connectivity index (χ4v) is 6.53. The van der Waals surface area contributed by atoms with Gasteiger partial charge in [0.15, 0.2) is 0 Å². The van der Waals surface area contributed by atoms with Crippen LogP contribution in [-0.2, 0) is 19.6 Å². The number of carbonyl (C=O) groups excluding carboxylic acids is 2. The van der Waals surface area contributed by atoms with Crippen LogP contribution < -0.4 is 10.2 Å². The van der Waals surface area contributed by atoms with Crippen LogP contribution in [-0.4, -0.2) is 49.2 Å². The third kappa shape index (κ3) is 5.00. The Morgan fingerprint density at radius 1 is 0.971 bits per heavy atom. The third-order valence-electron chi connectivity index (χ3n) is 7.38. The average Bonchev–Trinajstić information content (AvgIpc) is 2.82. The molecule has 1 heterocycles. The summed E-state index contributed by atoms with van der Waals surface area (Å²) in [6, 6.07) is 12.2. The number of carbonyl (C=O) groups is 2. The van der Waals surface area contributed by atoms with Crippen molar-refractivity contribution in [2.24, 2.45) is 0 Å². The minimum atomic E-state index is -3.96. The van der Waals surface area contributed by atoms with Gasteiger partial charge >= 0.3 is 0 Å². The third-order valence-corrected chi connectivity index (χ3v) is 9.18. The van der Waals surface area contributed by atoms with E-state index in [-0.39, 0.29) is 29.9 Å². The van der Waals surface area contributed by atoms with Crippen LogP contribution in [0.5, 0.6) is 0 Å². The van der Waals surface area contributed by atoms with E-state index in [0.29, 0.717) is 5.69 Å². The highest BCUT2D eigenvalue weighted by Crippen LogP contribution is 2.33. The topological polar surface area (TPSA) is 86.8 Å². The summed E-state index contributed by atoms with van der Waals surface area (Å²) in [5.41, 5.74) is 2.23. The Labute approximate surface area is 208 Å². The van der Waals surface area contributed by atoms with Crippen molar-refractivity contribution in [2.75, 3.05) is 18.0 Å². The van der Waals surface area contributed by atoms with Crippen LogP contribution in [0.2, 0.25) is 0 Å². The Morgan fingerprint density at radius 3 is 2.26 bits per heavy atom. The molecule has 2 aromatic rings. The zero-order valence-electron chi connectivity index (χ0n) is 21.0. The van der Waals surface area contributed by atoms with Crippen LogP contribution in [0.15, 0.2) is 47.4 Å². The van der Waals surface area contributed by atoms with Crippen molar-refractivity contribution >= 4 is 27.5 Å². The Bertz CT molecular complexity index is 1220. The van der Waals surface area contributed by atoms with Gasteiger partial charge in [-0.1, -0.05) is 43.0 Å². The van der Waals surface area contributed by atoms with Gasteiger partial charge in [-0.3, -0.25) is 14.5 Å². The van der Waals surface area contributed by atoms with E-state index < -0.39 is 21.5 Å². The molecule has 7 nitrogen and oxygen atoms in total. The van der Waals surface area contributed by atoms with Gasteiger partial charge in [-0.2, -0.15) is 4.31 Å². The number of rotatable bonds is 5. The number of nitrogens with one attached hydrogen (secondary N) is 1. The first-order chi connectivity index (χ1) is 16.5. The lowest BCUT2D eigenvalue weighted by atomic mass is 9.91. The lowest BCUT2D eigenvalue weighted by Crippen LogP contribution is -2.70. The summed E-state index contributed by atoms with van der Waals surface area (Å²) in [4.78, 5) is 29.0. The Balaban J connectivity index is 1.73. The first kappa shape index (κ1) is 25.4. The number of piperazine rings is 1. The molecule has 8 heteroatoms. The van der Waals surface area contributed by atoms with Crippen molar-refractivity contribution in [3.8, 4) is 0 Å². The minimum Gasteiger partial charge on any atom is -0.351 e. The van der Waals surface area contributed by atoms with Crippen LogP contribution in [0.1, 0.15) is 55.7 Å². The van der Waals surface area contributed by atoms with E-state index >= 15 is 0 Å². The number of aryl methyl sites for hydroxylation is 3. The molecule has 0 aromatic heterocycles. The molecule has 35 heavy (non-hydrogen) atoms. The van der Waals surface area contributed by atoms with Crippen LogP contribution in [0, 0.1) is 20.8 Å². The molecular formula is C27H35N3O4S. The van der Waals surface area contributed by atoms with Crippen molar-refractivity contribution in [1.82, 2.24) is 9.62 Å². The van der Waals surface area contributed by atoms with E-state index in [1.54, 1.807) is 31.2 Å². The highest BCUT2D eigenvalue weighted by atomic mass is 32.2. The quantitative estimate of drug-likeness (QED) is 0.680. The summed E-state index contributed by atoms with van der Waals surface area (Å²) >= 11 is 0. The molecule has 1 aliphatic heterocycles. The van der Waals surface area contributed by atoms with Gasteiger partial charge in [-0.25, -0.2) is 8.42 Å². The van der Waals surface area contributed by atoms with Gasteiger partial charge in [0.05, 0.1) is 11.4 Å². The summed E-state index contributed by atoms with van der Waals surface area (Å²) in [6.07, 6.45) is 5.04. The maximum Gasteiger partial charge on any atom is 0.247 e. The number of amides is 2. The smallest absolute Gasteiger partial charge is 0.247 e. The van der Waals surface area contributed by atoms with E-state index in [4.69, 9.17) is 0 Å². The normalized spacial score (nSPS) is 22.3. The predicted octanol–water partition coefficient (Wildman–Crippen LogP) is 3.86. The molecule has 1 aliphatic carbocycles. The summed E-state index contributed by atoms with van der Waals surface area (Å²) < 4.78 is 28.2. The molecule has 4 rings (SSSR count). The number of hydrogen-bond acceptors (Lipinski definition) is 4. The highest BCUT2D eigenvalue weighted by molar-refractivity contribution is 7.89. The monoisotopic (exact) mass is 497 g/mol. The van der Waals surface area contributed by atoms with E-state index in [9.17, 15) is 18.0 Å². The van der Waals surface area contributed by atoms with Crippen LogP contribution in [0.25, 0.3) is 0 Å². The lowest BCUT2D eigenvalue weighted by Gasteiger charge is -2.47. The first-order valence-corrected chi connectivity index (χ1v) is 13.7. The molecule has 2 amide bonds. The second-order valence-electron chi connectivity index (χ2n) is 10.2. The standard InChI is InChI=1S/C27H35N3O4S/c1-19-10-14-24(15-11-19)35(33,34)29-17-25(31)30(23-13-12-20(2)21(3)16-23)27(4,18-29)26(32)28-22-8-6-5-7-9-22/h10-16,22H,5-9,17-18H2,1-4H3,(H,28,32)/t27-/m0/s1. The molecule has 0 bridgehead atoms. The number of anilines is 1. The molecule has 1 N–H and O–H groups in total. The van der Waals surface area contributed by atoms with Crippen LogP contribution in [0.4, 0.5) is 5.69 Å². The molecule has 1 atom stereocenters. The van der Waals surface area contributed by atoms with E-state index in [0.717, 1.165) is 53.1 Å². The number of sulfonamides is 1. The van der Waals surface area contributed by atoms with Crippen LogP contribution in [0.3, 0.4) is 0 Å². The summed E-state index contributed by atoms with van der Waals surface area (Å²) in [7, 11) is -3.96. The van der Waals surface area contributed by atoms with Crippen molar-refractivity contribution in [2.45, 2.75) is 76.3 Å². The maximum absolute atomic E-state index is 13.8. The molecule has 188 valence electrons. The molecule has 1 saturated heterocycles. The Morgan fingerprint density at radius 2 is 1.63 bits per heavy atom.